The summed E-state index contributed by atoms with van der Waals surface area (Å²) in [6.45, 7) is 0.402. The standard InChI is InChI=1S/C26H21N3O2S/c1-31-22-12-5-13-23-25(22)28-26(32-23)29(17-18-7-6-14-27-16-18)24(30)15-20-10-4-9-19-8-2-3-11-21(19)20/h2-14,16H,15,17H2,1H3. The first-order valence-electron chi connectivity index (χ1n) is 10.3. The predicted octanol–water partition coefficient (Wildman–Crippen LogP) is 5.63. The van der Waals surface area contributed by atoms with E-state index in [1.165, 1.54) is 11.3 Å². The van der Waals surface area contributed by atoms with Crippen molar-refractivity contribution < 1.29 is 9.53 Å². The van der Waals surface area contributed by atoms with Crippen molar-refractivity contribution in [1.82, 2.24) is 9.97 Å². The van der Waals surface area contributed by atoms with Gasteiger partial charge in [-0.2, -0.15) is 0 Å². The summed E-state index contributed by atoms with van der Waals surface area (Å²) in [6.07, 6.45) is 3.80. The van der Waals surface area contributed by atoms with E-state index in [4.69, 9.17) is 9.72 Å². The number of rotatable bonds is 6. The molecule has 0 spiro atoms. The van der Waals surface area contributed by atoms with E-state index in [-0.39, 0.29) is 12.3 Å². The summed E-state index contributed by atoms with van der Waals surface area (Å²) in [7, 11) is 1.63. The van der Waals surface area contributed by atoms with Crippen LogP contribution in [-0.4, -0.2) is 23.0 Å². The molecule has 1 amide bonds. The van der Waals surface area contributed by atoms with Crippen molar-refractivity contribution in [2.75, 3.05) is 12.0 Å². The molecule has 0 aliphatic carbocycles. The topological polar surface area (TPSA) is 55.3 Å². The van der Waals surface area contributed by atoms with Crippen LogP contribution in [0.25, 0.3) is 21.0 Å². The molecular formula is C26H21N3O2S. The van der Waals surface area contributed by atoms with Crippen LogP contribution >= 0.6 is 11.3 Å². The molecule has 0 saturated heterocycles. The third-order valence-electron chi connectivity index (χ3n) is 5.41. The number of hydrogen-bond acceptors (Lipinski definition) is 5. The average molecular weight is 440 g/mol. The summed E-state index contributed by atoms with van der Waals surface area (Å²) in [5, 5.41) is 2.87. The highest BCUT2D eigenvalue weighted by atomic mass is 32.1. The first-order valence-corrected chi connectivity index (χ1v) is 11.1. The van der Waals surface area contributed by atoms with Gasteiger partial charge in [0.15, 0.2) is 5.13 Å². The molecule has 0 radical (unpaired) electrons. The maximum Gasteiger partial charge on any atom is 0.233 e. The van der Waals surface area contributed by atoms with Gasteiger partial charge in [0.25, 0.3) is 0 Å². The Morgan fingerprint density at radius 3 is 2.69 bits per heavy atom. The Labute approximate surface area is 189 Å². The van der Waals surface area contributed by atoms with Gasteiger partial charge in [-0.15, -0.1) is 0 Å². The van der Waals surface area contributed by atoms with E-state index in [1.807, 2.05) is 54.6 Å². The lowest BCUT2D eigenvalue weighted by molar-refractivity contribution is -0.118. The molecule has 0 atom stereocenters. The molecule has 2 heterocycles. The Morgan fingerprint density at radius 2 is 1.84 bits per heavy atom. The van der Waals surface area contributed by atoms with Gasteiger partial charge in [-0.1, -0.05) is 65.9 Å². The number of anilines is 1. The van der Waals surface area contributed by atoms with Gasteiger partial charge in [0.1, 0.15) is 11.3 Å². The zero-order valence-corrected chi connectivity index (χ0v) is 18.4. The normalized spacial score (nSPS) is 11.0. The van der Waals surface area contributed by atoms with E-state index in [0.29, 0.717) is 17.4 Å². The molecule has 32 heavy (non-hydrogen) atoms. The number of carbonyl (C=O) groups excluding carboxylic acids is 1. The third-order valence-corrected chi connectivity index (χ3v) is 6.45. The molecule has 0 fully saturated rings. The van der Waals surface area contributed by atoms with Gasteiger partial charge in [-0.25, -0.2) is 4.98 Å². The summed E-state index contributed by atoms with van der Waals surface area (Å²) in [5.41, 5.74) is 2.72. The first kappa shape index (κ1) is 20.2. The lowest BCUT2D eigenvalue weighted by atomic mass is 10.0. The lowest BCUT2D eigenvalue weighted by Gasteiger charge is -2.20. The Balaban J connectivity index is 1.54. The number of fused-ring (bicyclic) bond motifs is 2. The zero-order valence-electron chi connectivity index (χ0n) is 17.6. The number of pyridine rings is 1. The number of carbonyl (C=O) groups is 1. The maximum absolute atomic E-state index is 13.6. The molecule has 5 aromatic rings. The Hall–Kier alpha value is -3.77. The summed E-state index contributed by atoms with van der Waals surface area (Å²) in [5.74, 6) is 0.691. The summed E-state index contributed by atoms with van der Waals surface area (Å²) < 4.78 is 6.45. The molecular weight excluding hydrogens is 418 g/mol. The van der Waals surface area contributed by atoms with Crippen molar-refractivity contribution in [3.63, 3.8) is 0 Å². The van der Waals surface area contributed by atoms with Gasteiger partial charge < -0.3 is 4.74 Å². The van der Waals surface area contributed by atoms with E-state index in [1.54, 1.807) is 24.4 Å². The van der Waals surface area contributed by atoms with E-state index in [2.05, 4.69) is 23.2 Å². The van der Waals surface area contributed by atoms with E-state index < -0.39 is 0 Å². The second-order valence-electron chi connectivity index (χ2n) is 7.46. The molecule has 2 aromatic heterocycles. The van der Waals surface area contributed by atoms with E-state index >= 15 is 0 Å². The van der Waals surface area contributed by atoms with Gasteiger partial charge in [-0.3, -0.25) is 14.7 Å². The smallest absolute Gasteiger partial charge is 0.233 e. The minimum absolute atomic E-state index is 0.0109. The molecule has 6 heteroatoms. The van der Waals surface area contributed by atoms with E-state index in [9.17, 15) is 4.79 Å². The number of nitrogens with zero attached hydrogens (tertiary/aromatic N) is 3. The minimum atomic E-state index is -0.0109. The van der Waals surface area contributed by atoms with Crippen molar-refractivity contribution in [2.24, 2.45) is 0 Å². The predicted molar refractivity (Wildman–Crippen MR) is 129 cm³/mol. The van der Waals surface area contributed by atoms with Crippen LogP contribution in [0.2, 0.25) is 0 Å². The fourth-order valence-corrected chi connectivity index (χ4v) is 4.83. The maximum atomic E-state index is 13.6. The Morgan fingerprint density at radius 1 is 1.00 bits per heavy atom. The van der Waals surface area contributed by atoms with Gasteiger partial charge in [0, 0.05) is 12.4 Å². The summed E-state index contributed by atoms with van der Waals surface area (Å²) in [6, 6.07) is 23.9. The number of aromatic nitrogens is 2. The lowest BCUT2D eigenvalue weighted by Crippen LogP contribution is -2.31. The molecule has 0 aliphatic heterocycles. The number of para-hydroxylation sites is 1. The number of amides is 1. The zero-order chi connectivity index (χ0) is 21.9. The summed E-state index contributed by atoms with van der Waals surface area (Å²) >= 11 is 1.49. The van der Waals surface area contributed by atoms with Crippen molar-refractivity contribution in [3.8, 4) is 5.75 Å². The molecule has 158 valence electrons. The van der Waals surface area contributed by atoms with Crippen LogP contribution in [0.15, 0.2) is 85.2 Å². The minimum Gasteiger partial charge on any atom is -0.494 e. The molecule has 5 nitrogen and oxygen atoms in total. The van der Waals surface area contributed by atoms with Crippen LogP contribution < -0.4 is 9.64 Å². The third kappa shape index (κ3) is 3.92. The monoisotopic (exact) mass is 439 g/mol. The highest BCUT2D eigenvalue weighted by molar-refractivity contribution is 7.22. The SMILES string of the molecule is COc1cccc2sc(N(Cc3cccnc3)C(=O)Cc3cccc4ccccc34)nc12. The highest BCUT2D eigenvalue weighted by Gasteiger charge is 2.22. The molecule has 0 bridgehead atoms. The fraction of sp³-hybridized carbons (Fsp3) is 0.115. The van der Waals surface area contributed by atoms with Crippen LogP contribution in [-0.2, 0) is 17.8 Å². The first-order chi connectivity index (χ1) is 15.7. The van der Waals surface area contributed by atoms with Gasteiger partial charge in [0.05, 0.1) is 24.8 Å². The van der Waals surface area contributed by atoms with Gasteiger partial charge >= 0.3 is 0 Å². The van der Waals surface area contributed by atoms with Gasteiger partial charge in [0.2, 0.25) is 5.91 Å². The molecule has 0 unspecified atom stereocenters. The Bertz CT molecular complexity index is 1390. The Kier molecular flexibility index (Phi) is 5.52. The van der Waals surface area contributed by atoms with Crippen molar-refractivity contribution in [1.29, 1.82) is 0 Å². The van der Waals surface area contributed by atoms with Crippen molar-refractivity contribution >= 4 is 43.4 Å². The number of methoxy groups -OCH3 is 1. The number of ether oxygens (including phenoxy) is 1. The molecule has 5 rings (SSSR count). The molecule has 3 aromatic carbocycles. The quantitative estimate of drug-likeness (QED) is 0.344. The van der Waals surface area contributed by atoms with Crippen molar-refractivity contribution in [3.05, 3.63) is 96.3 Å². The fourth-order valence-electron chi connectivity index (χ4n) is 3.83. The number of thiazole rings is 1. The van der Waals surface area contributed by atoms with Crippen LogP contribution in [0.3, 0.4) is 0 Å². The molecule has 0 N–H and O–H groups in total. The second kappa shape index (κ2) is 8.77. The van der Waals surface area contributed by atoms with Gasteiger partial charge in [-0.05, 0) is 40.1 Å². The van der Waals surface area contributed by atoms with Crippen LogP contribution in [0.4, 0.5) is 5.13 Å². The average Bonchev–Trinajstić information content (AvgIpc) is 3.27. The largest absolute Gasteiger partial charge is 0.494 e. The second-order valence-corrected chi connectivity index (χ2v) is 8.47. The van der Waals surface area contributed by atoms with Crippen LogP contribution in [0, 0.1) is 0 Å². The van der Waals surface area contributed by atoms with Crippen LogP contribution in [0.1, 0.15) is 11.1 Å². The van der Waals surface area contributed by atoms with E-state index in [0.717, 1.165) is 32.1 Å². The molecule has 0 aliphatic rings. The van der Waals surface area contributed by atoms with Crippen LogP contribution in [0.5, 0.6) is 5.75 Å². The highest BCUT2D eigenvalue weighted by Crippen LogP contribution is 2.35. The number of benzene rings is 3. The summed E-state index contributed by atoms with van der Waals surface area (Å²) in [4.78, 5) is 24.4. The number of hydrogen-bond donors (Lipinski definition) is 0. The molecule has 0 saturated carbocycles. The van der Waals surface area contributed by atoms with Crippen molar-refractivity contribution in [2.45, 2.75) is 13.0 Å².